The summed E-state index contributed by atoms with van der Waals surface area (Å²) in [5.74, 6) is 2.31. The molecule has 0 atom stereocenters. The molecule has 0 fully saturated rings. The van der Waals surface area contributed by atoms with Gasteiger partial charge in [0.1, 0.15) is 23.7 Å². The number of aryl methyl sites for hydroxylation is 1. The van der Waals surface area contributed by atoms with Gasteiger partial charge in [-0.2, -0.15) is 0 Å². The van der Waals surface area contributed by atoms with Crippen LogP contribution in [0.1, 0.15) is 11.3 Å². The Morgan fingerprint density at radius 1 is 0.906 bits per heavy atom. The average molecular weight is 428 g/mol. The highest BCUT2D eigenvalue weighted by atomic mass is 16.5. The fourth-order valence-corrected chi connectivity index (χ4v) is 3.59. The molecule has 4 rings (SSSR count). The number of ether oxygens (including phenoxy) is 3. The molecule has 0 aliphatic carbocycles. The van der Waals surface area contributed by atoms with Gasteiger partial charge in [-0.3, -0.25) is 4.79 Å². The second-order valence-electron chi connectivity index (χ2n) is 7.21. The zero-order chi connectivity index (χ0) is 22.5. The summed E-state index contributed by atoms with van der Waals surface area (Å²) in [6, 6.07) is 20.7. The van der Waals surface area contributed by atoms with E-state index in [0.29, 0.717) is 51.7 Å². The molecule has 1 aromatic heterocycles. The quantitative estimate of drug-likeness (QED) is 0.368. The van der Waals surface area contributed by atoms with Crippen molar-refractivity contribution in [2.75, 3.05) is 20.8 Å². The average Bonchev–Trinajstić information content (AvgIpc) is 2.82. The monoisotopic (exact) mass is 428 g/mol. The van der Waals surface area contributed by atoms with Crippen molar-refractivity contribution >= 4 is 17.0 Å². The molecule has 0 saturated heterocycles. The molecule has 0 unspecified atom stereocenters. The SMILES string of the molecule is COc1ccc(-c2c(C)oc3cc(OCC=Cc4ccccc4)ccc3c2=O)cc1OC. The molecular formula is C27H24O5. The van der Waals surface area contributed by atoms with Gasteiger partial charge in [-0.15, -0.1) is 0 Å². The van der Waals surface area contributed by atoms with Crippen LogP contribution in [0.4, 0.5) is 0 Å². The van der Waals surface area contributed by atoms with Crippen LogP contribution >= 0.6 is 0 Å². The van der Waals surface area contributed by atoms with Gasteiger partial charge in [0.25, 0.3) is 0 Å². The molecule has 5 nitrogen and oxygen atoms in total. The fourth-order valence-electron chi connectivity index (χ4n) is 3.59. The van der Waals surface area contributed by atoms with Crippen LogP contribution in [-0.4, -0.2) is 20.8 Å². The molecule has 3 aromatic carbocycles. The first-order valence-electron chi connectivity index (χ1n) is 10.2. The maximum absolute atomic E-state index is 13.2. The van der Waals surface area contributed by atoms with Gasteiger partial charge in [-0.25, -0.2) is 0 Å². The van der Waals surface area contributed by atoms with Crippen molar-refractivity contribution in [3.63, 3.8) is 0 Å². The second-order valence-corrected chi connectivity index (χ2v) is 7.21. The number of hydrogen-bond donors (Lipinski definition) is 0. The predicted octanol–water partition coefficient (Wildman–Crippen LogP) is 5.88. The highest BCUT2D eigenvalue weighted by molar-refractivity contribution is 5.84. The number of benzene rings is 3. The van der Waals surface area contributed by atoms with Gasteiger partial charge in [0, 0.05) is 6.07 Å². The third kappa shape index (κ3) is 4.37. The summed E-state index contributed by atoms with van der Waals surface area (Å²) in [5.41, 5.74) is 2.70. The topological polar surface area (TPSA) is 57.9 Å². The first-order chi connectivity index (χ1) is 15.6. The predicted molar refractivity (Wildman–Crippen MR) is 127 cm³/mol. The van der Waals surface area contributed by atoms with Crippen molar-refractivity contribution in [2.45, 2.75) is 6.92 Å². The third-order valence-corrected chi connectivity index (χ3v) is 5.17. The Kier molecular flexibility index (Phi) is 6.26. The molecule has 1 heterocycles. The van der Waals surface area contributed by atoms with Gasteiger partial charge in [-0.1, -0.05) is 42.5 Å². The van der Waals surface area contributed by atoms with E-state index in [1.807, 2.05) is 48.6 Å². The Bertz CT molecular complexity index is 1320. The molecule has 0 aliphatic rings. The zero-order valence-corrected chi connectivity index (χ0v) is 18.3. The zero-order valence-electron chi connectivity index (χ0n) is 18.3. The minimum absolute atomic E-state index is 0.105. The molecule has 4 aromatic rings. The normalized spacial score (nSPS) is 11.1. The van der Waals surface area contributed by atoms with Gasteiger partial charge >= 0.3 is 0 Å². The molecule has 0 N–H and O–H groups in total. The summed E-state index contributed by atoms with van der Waals surface area (Å²) < 4.78 is 22.5. The van der Waals surface area contributed by atoms with Crippen molar-refractivity contribution < 1.29 is 18.6 Å². The Morgan fingerprint density at radius 2 is 1.69 bits per heavy atom. The summed E-state index contributed by atoms with van der Waals surface area (Å²) in [5, 5.41) is 0.493. The lowest BCUT2D eigenvalue weighted by Crippen LogP contribution is -2.08. The lowest BCUT2D eigenvalue weighted by atomic mass is 10.0. The number of hydrogen-bond acceptors (Lipinski definition) is 5. The maximum Gasteiger partial charge on any atom is 0.200 e. The number of methoxy groups -OCH3 is 2. The standard InChI is InChI=1S/C27H24O5/c1-18-26(20-11-14-23(29-2)25(16-20)30-3)27(28)22-13-12-21(17-24(22)32-18)31-15-7-10-19-8-5-4-6-9-19/h4-14,16-17H,15H2,1-3H3. The van der Waals surface area contributed by atoms with Crippen LogP contribution in [-0.2, 0) is 0 Å². The smallest absolute Gasteiger partial charge is 0.200 e. The van der Waals surface area contributed by atoms with E-state index < -0.39 is 0 Å². The highest BCUT2D eigenvalue weighted by Gasteiger charge is 2.16. The van der Waals surface area contributed by atoms with Gasteiger partial charge < -0.3 is 18.6 Å². The largest absolute Gasteiger partial charge is 0.493 e. The lowest BCUT2D eigenvalue weighted by Gasteiger charge is -2.12. The van der Waals surface area contributed by atoms with Crippen LogP contribution in [0.3, 0.4) is 0 Å². The lowest BCUT2D eigenvalue weighted by molar-refractivity contribution is 0.355. The molecule has 5 heteroatoms. The van der Waals surface area contributed by atoms with Crippen LogP contribution in [0.25, 0.3) is 28.2 Å². The molecule has 0 spiro atoms. The van der Waals surface area contributed by atoms with E-state index in [4.69, 9.17) is 18.6 Å². The first kappa shape index (κ1) is 21.2. The van der Waals surface area contributed by atoms with Crippen molar-refractivity contribution in [1.29, 1.82) is 0 Å². The Hall–Kier alpha value is -3.99. The van der Waals surface area contributed by atoms with Gasteiger partial charge in [0.05, 0.1) is 25.2 Å². The van der Waals surface area contributed by atoms with Crippen molar-refractivity contribution in [1.82, 2.24) is 0 Å². The van der Waals surface area contributed by atoms with Gasteiger partial charge in [-0.05, 0) is 48.4 Å². The molecule has 0 amide bonds. The molecule has 0 radical (unpaired) electrons. The second kappa shape index (κ2) is 9.43. The number of rotatable bonds is 7. The van der Waals surface area contributed by atoms with Gasteiger partial charge in [0.2, 0.25) is 5.43 Å². The van der Waals surface area contributed by atoms with E-state index in [0.717, 1.165) is 5.56 Å². The Morgan fingerprint density at radius 3 is 2.44 bits per heavy atom. The third-order valence-electron chi connectivity index (χ3n) is 5.17. The molecule has 162 valence electrons. The summed E-state index contributed by atoms with van der Waals surface area (Å²) in [6.07, 6.45) is 3.95. The molecule has 0 saturated carbocycles. The van der Waals surface area contributed by atoms with Crippen LogP contribution in [0.2, 0.25) is 0 Å². The maximum atomic E-state index is 13.2. The van der Waals surface area contributed by atoms with E-state index in [9.17, 15) is 4.79 Å². The molecule has 32 heavy (non-hydrogen) atoms. The summed E-state index contributed by atoms with van der Waals surface area (Å²) >= 11 is 0. The molecule has 0 bridgehead atoms. The summed E-state index contributed by atoms with van der Waals surface area (Å²) in [6.45, 7) is 2.19. The minimum Gasteiger partial charge on any atom is -0.493 e. The van der Waals surface area contributed by atoms with Crippen LogP contribution < -0.4 is 19.6 Å². The van der Waals surface area contributed by atoms with Crippen LogP contribution in [0, 0.1) is 6.92 Å². The van der Waals surface area contributed by atoms with Crippen molar-refractivity contribution in [3.05, 3.63) is 94.4 Å². The van der Waals surface area contributed by atoms with Crippen molar-refractivity contribution in [3.8, 4) is 28.4 Å². The first-order valence-corrected chi connectivity index (χ1v) is 10.2. The van der Waals surface area contributed by atoms with E-state index in [2.05, 4.69) is 0 Å². The van der Waals surface area contributed by atoms with E-state index in [1.54, 1.807) is 51.5 Å². The Balaban J connectivity index is 1.61. The van der Waals surface area contributed by atoms with Crippen LogP contribution in [0.5, 0.6) is 17.2 Å². The van der Waals surface area contributed by atoms with Gasteiger partial charge in [0.15, 0.2) is 11.5 Å². The minimum atomic E-state index is -0.105. The van der Waals surface area contributed by atoms with E-state index in [-0.39, 0.29) is 5.43 Å². The van der Waals surface area contributed by atoms with E-state index in [1.165, 1.54) is 0 Å². The van der Waals surface area contributed by atoms with Crippen molar-refractivity contribution in [2.24, 2.45) is 0 Å². The number of fused-ring (bicyclic) bond motifs is 1. The highest BCUT2D eigenvalue weighted by Crippen LogP contribution is 2.33. The molecular weight excluding hydrogens is 404 g/mol. The fraction of sp³-hybridized carbons (Fsp3) is 0.148. The summed E-state index contributed by atoms with van der Waals surface area (Å²) in [4.78, 5) is 13.2. The Labute approximate surface area is 186 Å². The summed E-state index contributed by atoms with van der Waals surface area (Å²) in [7, 11) is 3.14. The van der Waals surface area contributed by atoms with E-state index >= 15 is 0 Å². The molecule has 0 aliphatic heterocycles. The van der Waals surface area contributed by atoms with Crippen LogP contribution in [0.15, 0.2) is 82.0 Å².